The number of anilines is 1. The molecule has 2 N–H and O–H groups in total. The molecular formula is C20H20N4O5S5. The summed E-state index contributed by atoms with van der Waals surface area (Å²) >= 11 is 4.34. The largest absolute Gasteiger partial charge is 0.312 e. The minimum atomic E-state index is -4.04. The Morgan fingerprint density at radius 1 is 1.03 bits per heavy atom. The van der Waals surface area contributed by atoms with Gasteiger partial charge in [0.15, 0.2) is 5.82 Å². The van der Waals surface area contributed by atoms with Gasteiger partial charge in [0.2, 0.25) is 10.0 Å². The lowest BCUT2D eigenvalue weighted by Crippen LogP contribution is -2.36. The molecule has 1 atom stereocenters. The van der Waals surface area contributed by atoms with Crippen molar-refractivity contribution < 1.29 is 21.1 Å². The summed E-state index contributed by atoms with van der Waals surface area (Å²) in [5.41, 5.74) is 1.28. The minimum Gasteiger partial charge on any atom is -0.244 e. The quantitative estimate of drug-likeness (QED) is 0.306. The Kier molecular flexibility index (Phi) is 7.19. The molecule has 0 unspecified atom stereocenters. The first-order valence-electron chi connectivity index (χ1n) is 9.71. The molecular weight excluding hydrogens is 537 g/mol. The number of aryl methyl sites for hydroxylation is 1. The molecule has 180 valence electrons. The van der Waals surface area contributed by atoms with Crippen LogP contribution in [0.1, 0.15) is 22.3 Å². The van der Waals surface area contributed by atoms with E-state index in [1.54, 1.807) is 35.8 Å². The van der Waals surface area contributed by atoms with E-state index in [1.165, 1.54) is 39.1 Å². The van der Waals surface area contributed by atoms with Crippen molar-refractivity contribution in [3.63, 3.8) is 0 Å². The van der Waals surface area contributed by atoms with Gasteiger partial charge in [0.1, 0.15) is 5.01 Å². The molecule has 0 saturated heterocycles. The van der Waals surface area contributed by atoms with E-state index >= 15 is 0 Å². The molecule has 0 aliphatic carbocycles. The van der Waals surface area contributed by atoms with Crippen molar-refractivity contribution >= 4 is 60.0 Å². The second-order valence-electron chi connectivity index (χ2n) is 7.25. The Morgan fingerprint density at radius 3 is 2.32 bits per heavy atom. The first-order valence-corrected chi connectivity index (χ1v) is 15.6. The van der Waals surface area contributed by atoms with E-state index in [-0.39, 0.29) is 11.3 Å². The van der Waals surface area contributed by atoms with Crippen molar-refractivity contribution in [1.29, 1.82) is 0 Å². The molecule has 14 heteroatoms. The van der Waals surface area contributed by atoms with Crippen molar-refractivity contribution in [2.45, 2.75) is 24.3 Å². The van der Waals surface area contributed by atoms with Crippen molar-refractivity contribution in [3.05, 3.63) is 68.8 Å². The van der Waals surface area contributed by atoms with Crippen LogP contribution in [0.25, 0.3) is 9.88 Å². The molecule has 0 fully saturated rings. The summed E-state index contributed by atoms with van der Waals surface area (Å²) in [5, 5.41) is 7.02. The monoisotopic (exact) mass is 556 g/mol. The third-order valence-electron chi connectivity index (χ3n) is 4.84. The summed E-state index contributed by atoms with van der Waals surface area (Å²) in [6.07, 6.45) is 1.37. The summed E-state index contributed by atoms with van der Waals surface area (Å²) in [5.74, 6) is 5.17. The summed E-state index contributed by atoms with van der Waals surface area (Å²) in [6, 6.07) is 9.11. The van der Waals surface area contributed by atoms with Crippen LogP contribution in [0.2, 0.25) is 0 Å². The van der Waals surface area contributed by atoms with Gasteiger partial charge in [-0.1, -0.05) is 18.2 Å². The second-order valence-corrected chi connectivity index (χ2v) is 13.6. The molecule has 0 aliphatic rings. The third-order valence-corrected chi connectivity index (χ3v) is 9.76. The molecule has 1 aromatic carbocycles. The summed E-state index contributed by atoms with van der Waals surface area (Å²) in [7, 11) is -7.78. The number of nitrogens with zero attached hydrogens (tertiary/aromatic N) is 3. The van der Waals surface area contributed by atoms with Crippen LogP contribution in [0.3, 0.4) is 0 Å². The van der Waals surface area contributed by atoms with E-state index in [0.29, 0.717) is 17.1 Å². The molecule has 0 aliphatic heterocycles. The van der Waals surface area contributed by atoms with Crippen LogP contribution in [-0.4, -0.2) is 33.1 Å². The van der Waals surface area contributed by atoms with Gasteiger partial charge in [0.25, 0.3) is 0 Å². The van der Waals surface area contributed by atoms with Gasteiger partial charge in [0.05, 0.1) is 32.8 Å². The Hall–Kier alpha value is -2.20. The summed E-state index contributed by atoms with van der Waals surface area (Å²) in [6.45, 7) is 1.81. The van der Waals surface area contributed by atoms with Gasteiger partial charge in [-0.2, -0.15) is 18.6 Å². The Balaban J connectivity index is 1.78. The van der Waals surface area contributed by atoms with E-state index in [9.17, 15) is 16.8 Å². The van der Waals surface area contributed by atoms with Crippen LogP contribution in [0.4, 0.5) is 5.82 Å². The maximum atomic E-state index is 13.0. The van der Waals surface area contributed by atoms with Crippen LogP contribution in [0.5, 0.6) is 0 Å². The van der Waals surface area contributed by atoms with Crippen molar-refractivity contribution in [1.82, 2.24) is 9.97 Å². The molecule has 0 radical (unpaired) electrons. The van der Waals surface area contributed by atoms with E-state index in [2.05, 4.69) is 9.27 Å². The van der Waals surface area contributed by atoms with Crippen LogP contribution in [0, 0.1) is 6.92 Å². The van der Waals surface area contributed by atoms with Gasteiger partial charge < -0.3 is 0 Å². The highest BCUT2D eigenvalue weighted by molar-refractivity contribution is 7.92. The lowest BCUT2D eigenvalue weighted by Gasteiger charge is -2.29. The second kappa shape index (κ2) is 9.81. The lowest BCUT2D eigenvalue weighted by molar-refractivity contribution is 0.333. The predicted octanol–water partition coefficient (Wildman–Crippen LogP) is 3.97. The molecule has 0 spiro atoms. The highest BCUT2D eigenvalue weighted by atomic mass is 32.2. The maximum absolute atomic E-state index is 13.0. The zero-order valence-electron chi connectivity index (χ0n) is 18.0. The van der Waals surface area contributed by atoms with E-state index in [0.717, 1.165) is 21.1 Å². The van der Waals surface area contributed by atoms with Crippen LogP contribution in [0.15, 0.2) is 57.4 Å². The number of thiazole rings is 2. The fourth-order valence-electron chi connectivity index (χ4n) is 3.35. The van der Waals surface area contributed by atoms with Crippen molar-refractivity contribution in [2.24, 2.45) is 5.90 Å². The Labute approximate surface area is 209 Å². The third kappa shape index (κ3) is 5.38. The number of aromatic nitrogens is 2. The first kappa shape index (κ1) is 24.9. The Morgan fingerprint density at radius 2 is 1.76 bits per heavy atom. The van der Waals surface area contributed by atoms with Crippen LogP contribution >= 0.6 is 34.0 Å². The summed E-state index contributed by atoms with van der Waals surface area (Å²) < 4.78 is 55.0. The van der Waals surface area contributed by atoms with Gasteiger partial charge >= 0.3 is 10.1 Å². The number of hydrogen-bond acceptors (Lipinski definition) is 11. The zero-order valence-corrected chi connectivity index (χ0v) is 22.1. The fraction of sp³-hybridized carbons (Fsp3) is 0.200. The van der Waals surface area contributed by atoms with Gasteiger partial charge in [0, 0.05) is 10.8 Å². The molecule has 4 rings (SSSR count). The van der Waals surface area contributed by atoms with Gasteiger partial charge in [-0.3, -0.25) is 0 Å². The Bertz CT molecular complexity index is 1480. The van der Waals surface area contributed by atoms with E-state index < -0.39 is 26.2 Å². The average Bonchev–Trinajstić information content (AvgIpc) is 3.54. The predicted molar refractivity (Wildman–Crippen MR) is 135 cm³/mol. The first-order chi connectivity index (χ1) is 16.1. The molecule has 0 amide bonds. The van der Waals surface area contributed by atoms with Gasteiger partial charge in [-0.15, -0.1) is 34.0 Å². The van der Waals surface area contributed by atoms with Crippen LogP contribution in [-0.2, 0) is 30.8 Å². The van der Waals surface area contributed by atoms with Crippen molar-refractivity contribution in [2.75, 3.05) is 10.6 Å². The average molecular weight is 557 g/mol. The molecule has 3 heterocycles. The number of nitrogens with two attached hydrogens (primary N) is 1. The van der Waals surface area contributed by atoms with Gasteiger partial charge in [-0.05, 0) is 42.5 Å². The minimum absolute atomic E-state index is 0.0981. The topological polar surface area (TPSA) is 133 Å². The van der Waals surface area contributed by atoms with E-state index in [4.69, 9.17) is 10.9 Å². The molecule has 0 saturated carbocycles. The molecule has 9 nitrogen and oxygen atoms in total. The lowest BCUT2D eigenvalue weighted by atomic mass is 10.0. The zero-order chi connectivity index (χ0) is 24.5. The van der Waals surface area contributed by atoms with Crippen LogP contribution < -0.4 is 10.2 Å². The summed E-state index contributed by atoms with van der Waals surface area (Å²) in [4.78, 5) is 10.1. The highest BCUT2D eigenvalue weighted by Gasteiger charge is 2.32. The normalized spacial score (nSPS) is 13.1. The molecule has 0 bridgehead atoms. The maximum Gasteiger partial charge on any atom is 0.312 e. The smallest absolute Gasteiger partial charge is 0.244 e. The van der Waals surface area contributed by atoms with E-state index in [1.807, 2.05) is 22.9 Å². The highest BCUT2D eigenvalue weighted by Crippen LogP contribution is 2.36. The SMILES string of the molecule is Cc1nc(N([C@@H](Cc2ccc(S(=O)(=O)ON)cc2)c2csc(-c3cccs3)n2)S(C)(=O)=O)cs1. The standard InChI is InChI=1S/C20H20N4O5S5/c1-13-22-19(12-31-13)24(33(2,25)26)17(16-11-32-20(23-16)18-4-3-9-30-18)10-14-5-7-15(8-6-14)34(27,28)29-21/h3-9,11-12,17H,10,21H2,1-2H3/t17-/m0/s1. The fourth-order valence-corrected chi connectivity index (χ4v) is 7.34. The van der Waals surface area contributed by atoms with Crippen molar-refractivity contribution in [3.8, 4) is 9.88 Å². The number of rotatable bonds is 9. The number of thiophene rings is 1. The number of sulfonamides is 1. The molecule has 4 aromatic rings. The number of hydrogen-bond donors (Lipinski definition) is 1. The molecule has 3 aromatic heterocycles. The van der Waals surface area contributed by atoms with Gasteiger partial charge in [-0.25, -0.2) is 22.7 Å². The molecule has 34 heavy (non-hydrogen) atoms. The number of benzene rings is 1.